The van der Waals surface area contributed by atoms with Crippen LogP contribution in [0, 0.1) is 11.3 Å². The summed E-state index contributed by atoms with van der Waals surface area (Å²) in [6.45, 7) is 7.63. The maximum atomic E-state index is 11.7. The molecule has 0 saturated carbocycles. The van der Waals surface area contributed by atoms with E-state index in [-0.39, 0.29) is 29.8 Å². The van der Waals surface area contributed by atoms with Crippen molar-refractivity contribution < 1.29 is 14.7 Å². The Kier molecular flexibility index (Phi) is 5.14. The number of nitrogens with one attached hydrogen (secondary N) is 1. The lowest BCUT2D eigenvalue weighted by Gasteiger charge is -2.38. The van der Waals surface area contributed by atoms with Crippen molar-refractivity contribution in [1.29, 1.82) is 0 Å². The molecule has 0 radical (unpaired) electrons. The van der Waals surface area contributed by atoms with Gasteiger partial charge in [0, 0.05) is 44.0 Å². The van der Waals surface area contributed by atoms with Crippen molar-refractivity contribution in [3.05, 3.63) is 0 Å². The molecule has 18 heavy (non-hydrogen) atoms. The lowest BCUT2D eigenvalue weighted by Crippen LogP contribution is -2.51. The molecule has 0 bridgehead atoms. The molecule has 2 amide bonds. The first kappa shape index (κ1) is 15.0. The minimum absolute atomic E-state index is 0.0132. The van der Waals surface area contributed by atoms with Crippen molar-refractivity contribution in [2.24, 2.45) is 11.3 Å². The number of rotatable bonds is 5. The van der Waals surface area contributed by atoms with Crippen LogP contribution < -0.4 is 5.32 Å². The molecule has 0 aromatic carbocycles. The van der Waals surface area contributed by atoms with Crippen molar-refractivity contribution in [1.82, 2.24) is 10.2 Å². The van der Waals surface area contributed by atoms with Crippen molar-refractivity contribution in [3.63, 3.8) is 0 Å². The molecule has 0 aliphatic carbocycles. The van der Waals surface area contributed by atoms with E-state index in [0.29, 0.717) is 32.5 Å². The van der Waals surface area contributed by atoms with E-state index >= 15 is 0 Å². The number of aliphatic hydroxyl groups excluding tert-OH is 1. The van der Waals surface area contributed by atoms with E-state index < -0.39 is 0 Å². The van der Waals surface area contributed by atoms with E-state index in [1.54, 1.807) is 4.90 Å². The highest BCUT2D eigenvalue weighted by atomic mass is 16.3. The van der Waals surface area contributed by atoms with Gasteiger partial charge in [-0.15, -0.1) is 0 Å². The van der Waals surface area contributed by atoms with E-state index in [2.05, 4.69) is 5.32 Å². The first-order chi connectivity index (χ1) is 8.34. The fraction of sp³-hybridized carbons (Fsp3) is 0.846. The summed E-state index contributed by atoms with van der Waals surface area (Å²) in [5.74, 6) is 0.387. The molecule has 1 heterocycles. The van der Waals surface area contributed by atoms with Gasteiger partial charge in [0.15, 0.2) is 0 Å². The molecule has 0 aromatic heterocycles. The molecule has 1 rings (SSSR count). The number of aliphatic hydroxyl groups is 1. The number of amides is 2. The van der Waals surface area contributed by atoms with Gasteiger partial charge in [-0.1, -0.05) is 20.8 Å². The first-order valence-electron chi connectivity index (χ1n) is 6.51. The summed E-state index contributed by atoms with van der Waals surface area (Å²) < 4.78 is 0. The Hall–Kier alpha value is -1.10. The number of hydrogen-bond donors (Lipinski definition) is 2. The molecule has 1 saturated heterocycles. The molecule has 0 atom stereocenters. The average molecular weight is 256 g/mol. The summed E-state index contributed by atoms with van der Waals surface area (Å²) in [5, 5.41) is 11.7. The summed E-state index contributed by atoms with van der Waals surface area (Å²) in [6, 6.07) is 0. The molecule has 5 heteroatoms. The second-order valence-corrected chi connectivity index (χ2v) is 5.96. The van der Waals surface area contributed by atoms with Gasteiger partial charge in [-0.3, -0.25) is 9.59 Å². The molecule has 0 unspecified atom stereocenters. The smallest absolute Gasteiger partial charge is 0.225 e. The second-order valence-electron chi connectivity index (χ2n) is 5.96. The van der Waals surface area contributed by atoms with Gasteiger partial charge in [-0.05, 0) is 6.42 Å². The highest BCUT2D eigenvalue weighted by molar-refractivity contribution is 5.81. The zero-order valence-electron chi connectivity index (χ0n) is 11.5. The van der Waals surface area contributed by atoms with Crippen LogP contribution in [0.5, 0.6) is 0 Å². The first-order valence-corrected chi connectivity index (χ1v) is 6.51. The number of likely N-dealkylation sites (tertiary alicyclic amines) is 1. The molecule has 104 valence electrons. The van der Waals surface area contributed by atoms with Crippen molar-refractivity contribution in [2.45, 2.75) is 33.6 Å². The average Bonchev–Trinajstić information content (AvgIpc) is 2.21. The van der Waals surface area contributed by atoms with Crippen LogP contribution >= 0.6 is 0 Å². The Morgan fingerprint density at radius 3 is 2.44 bits per heavy atom. The predicted molar refractivity (Wildman–Crippen MR) is 68.9 cm³/mol. The van der Waals surface area contributed by atoms with Gasteiger partial charge in [-0.2, -0.15) is 0 Å². The third kappa shape index (κ3) is 4.29. The van der Waals surface area contributed by atoms with Crippen LogP contribution in [0.25, 0.3) is 0 Å². The maximum Gasteiger partial charge on any atom is 0.225 e. The van der Waals surface area contributed by atoms with Gasteiger partial charge in [0.1, 0.15) is 0 Å². The zero-order valence-corrected chi connectivity index (χ0v) is 11.5. The fourth-order valence-corrected chi connectivity index (χ4v) is 1.75. The molecule has 1 aliphatic rings. The molecule has 1 aliphatic heterocycles. The summed E-state index contributed by atoms with van der Waals surface area (Å²) >= 11 is 0. The molecule has 2 N–H and O–H groups in total. The number of hydrogen-bond acceptors (Lipinski definition) is 3. The largest absolute Gasteiger partial charge is 0.396 e. The van der Waals surface area contributed by atoms with Crippen molar-refractivity contribution in [2.75, 3.05) is 26.2 Å². The lowest BCUT2D eigenvalue weighted by molar-refractivity contribution is -0.138. The van der Waals surface area contributed by atoms with Gasteiger partial charge in [-0.25, -0.2) is 0 Å². The Bertz CT molecular complexity index is 304. The topological polar surface area (TPSA) is 69.6 Å². The summed E-state index contributed by atoms with van der Waals surface area (Å²) in [7, 11) is 0. The molecular formula is C13H24N2O3. The number of nitrogens with zero attached hydrogens (tertiary/aromatic N) is 1. The normalized spacial score (nSPS) is 16.3. The van der Waals surface area contributed by atoms with E-state index in [1.165, 1.54) is 0 Å². The Morgan fingerprint density at radius 1 is 1.33 bits per heavy atom. The van der Waals surface area contributed by atoms with Gasteiger partial charge >= 0.3 is 0 Å². The monoisotopic (exact) mass is 256 g/mol. The third-order valence-corrected chi connectivity index (χ3v) is 3.10. The van der Waals surface area contributed by atoms with Crippen LogP contribution in [0.4, 0.5) is 0 Å². The lowest BCUT2D eigenvalue weighted by atomic mass is 9.95. The fourth-order valence-electron chi connectivity index (χ4n) is 1.75. The van der Waals surface area contributed by atoms with Crippen LogP contribution in [0.3, 0.4) is 0 Å². The Balaban J connectivity index is 2.08. The molecule has 1 fully saturated rings. The third-order valence-electron chi connectivity index (χ3n) is 3.10. The van der Waals surface area contributed by atoms with Gasteiger partial charge in [0.05, 0.1) is 0 Å². The van der Waals surface area contributed by atoms with Crippen LogP contribution in [-0.2, 0) is 9.59 Å². The van der Waals surface area contributed by atoms with Crippen molar-refractivity contribution in [3.8, 4) is 0 Å². The predicted octanol–water partition coefficient (Wildman–Crippen LogP) is 0.380. The van der Waals surface area contributed by atoms with E-state index in [1.807, 2.05) is 20.8 Å². The Morgan fingerprint density at radius 2 is 1.94 bits per heavy atom. The highest BCUT2D eigenvalue weighted by Crippen LogP contribution is 2.16. The summed E-state index contributed by atoms with van der Waals surface area (Å²) in [4.78, 5) is 25.0. The van der Waals surface area contributed by atoms with E-state index in [4.69, 9.17) is 5.11 Å². The van der Waals surface area contributed by atoms with Crippen molar-refractivity contribution >= 4 is 11.8 Å². The van der Waals surface area contributed by atoms with Crippen LogP contribution in [0.2, 0.25) is 0 Å². The van der Waals surface area contributed by atoms with Gasteiger partial charge < -0.3 is 15.3 Å². The summed E-state index contributed by atoms with van der Waals surface area (Å²) in [6.07, 6.45) is 1.13. The van der Waals surface area contributed by atoms with Crippen LogP contribution in [0.15, 0.2) is 0 Å². The van der Waals surface area contributed by atoms with Crippen LogP contribution in [-0.4, -0.2) is 48.1 Å². The quantitative estimate of drug-likeness (QED) is 0.699. The SMILES string of the molecule is CC(C)(C)C(=O)NCCCC(=O)N1CC(CO)C1. The van der Waals surface area contributed by atoms with Gasteiger partial charge in [0.25, 0.3) is 0 Å². The Labute approximate surface area is 109 Å². The van der Waals surface area contributed by atoms with Gasteiger partial charge in [0.2, 0.25) is 11.8 Å². The molecule has 0 aromatic rings. The minimum atomic E-state index is -0.379. The standard InChI is InChI=1S/C13H24N2O3/c1-13(2,3)12(18)14-6-4-5-11(17)15-7-10(8-15)9-16/h10,16H,4-9H2,1-3H3,(H,14,18). The van der Waals surface area contributed by atoms with E-state index in [0.717, 1.165) is 0 Å². The minimum Gasteiger partial charge on any atom is -0.396 e. The molecule has 0 spiro atoms. The molecule has 5 nitrogen and oxygen atoms in total. The number of carbonyl (C=O) groups excluding carboxylic acids is 2. The van der Waals surface area contributed by atoms with Crippen LogP contribution in [0.1, 0.15) is 33.6 Å². The zero-order chi connectivity index (χ0) is 13.8. The molecular weight excluding hydrogens is 232 g/mol. The second kappa shape index (κ2) is 6.18. The number of carbonyl (C=O) groups is 2. The highest BCUT2D eigenvalue weighted by Gasteiger charge is 2.29. The summed E-state index contributed by atoms with van der Waals surface area (Å²) in [5.41, 5.74) is -0.379. The maximum absolute atomic E-state index is 11.7. The van der Waals surface area contributed by atoms with E-state index in [9.17, 15) is 9.59 Å².